The molecule has 0 fully saturated rings. The summed E-state index contributed by atoms with van der Waals surface area (Å²) in [4.78, 5) is 0.157. The zero-order chi connectivity index (χ0) is 14.8. The lowest BCUT2D eigenvalue weighted by Crippen LogP contribution is -2.41. The molecule has 0 aliphatic rings. The van der Waals surface area contributed by atoms with E-state index >= 15 is 0 Å². The van der Waals surface area contributed by atoms with E-state index in [1.165, 1.54) is 17.1 Å². The van der Waals surface area contributed by atoms with E-state index in [2.05, 4.69) is 20.1 Å². The van der Waals surface area contributed by atoms with E-state index in [4.69, 9.17) is 0 Å². The Hall–Kier alpha value is -1.74. The van der Waals surface area contributed by atoms with E-state index in [0.29, 0.717) is 6.54 Å². The van der Waals surface area contributed by atoms with E-state index in [9.17, 15) is 8.42 Å². The third kappa shape index (κ3) is 3.42. The highest BCUT2D eigenvalue weighted by Crippen LogP contribution is 2.11. The number of nitrogens with one attached hydrogen (secondary N) is 1. The van der Waals surface area contributed by atoms with Crippen molar-refractivity contribution in [2.45, 2.75) is 31.3 Å². The van der Waals surface area contributed by atoms with Crippen molar-refractivity contribution in [3.63, 3.8) is 0 Å². The van der Waals surface area contributed by atoms with Crippen LogP contribution in [-0.4, -0.2) is 39.2 Å². The van der Waals surface area contributed by atoms with Crippen LogP contribution in [0.25, 0.3) is 0 Å². The Bertz CT molecular complexity index is 646. The van der Waals surface area contributed by atoms with E-state index in [1.54, 1.807) is 24.1 Å². The van der Waals surface area contributed by atoms with Crippen molar-refractivity contribution in [2.75, 3.05) is 0 Å². The Balaban J connectivity index is 2.15. The predicted molar refractivity (Wildman–Crippen MR) is 72.2 cm³/mol. The summed E-state index contributed by atoms with van der Waals surface area (Å²) in [5, 5.41) is 11.5. The van der Waals surface area contributed by atoms with Gasteiger partial charge in [-0.1, -0.05) is 19.1 Å². The van der Waals surface area contributed by atoms with Gasteiger partial charge in [0.05, 0.1) is 18.9 Å². The molecule has 0 aliphatic carbocycles. The molecular formula is C11H18N6O2S. The summed E-state index contributed by atoms with van der Waals surface area (Å²) in [6.45, 7) is 4.33. The summed E-state index contributed by atoms with van der Waals surface area (Å²) in [6, 6.07) is -0.276. The predicted octanol–water partition coefficient (Wildman–Crippen LogP) is 0.0147. The minimum Gasteiger partial charge on any atom is -0.274 e. The van der Waals surface area contributed by atoms with Crippen LogP contribution in [0.2, 0.25) is 0 Å². The average Bonchev–Trinajstić information content (AvgIpc) is 2.99. The molecular weight excluding hydrogens is 280 g/mol. The second-order valence-corrected chi connectivity index (χ2v) is 6.66. The van der Waals surface area contributed by atoms with E-state index in [-0.39, 0.29) is 16.9 Å². The van der Waals surface area contributed by atoms with Gasteiger partial charge in [-0.25, -0.2) is 13.1 Å². The maximum Gasteiger partial charge on any atom is 0.244 e. The van der Waals surface area contributed by atoms with Gasteiger partial charge < -0.3 is 0 Å². The minimum absolute atomic E-state index is 0.116. The van der Waals surface area contributed by atoms with Gasteiger partial charge in [0.15, 0.2) is 0 Å². The molecule has 110 valence electrons. The molecule has 0 spiro atoms. The molecule has 0 aliphatic heterocycles. The van der Waals surface area contributed by atoms with Crippen LogP contribution in [-0.2, 0) is 23.6 Å². The first kappa shape index (κ1) is 14.7. The van der Waals surface area contributed by atoms with Crippen molar-refractivity contribution < 1.29 is 8.42 Å². The molecule has 2 aromatic heterocycles. The summed E-state index contributed by atoms with van der Waals surface area (Å²) < 4.78 is 30.3. The maximum absolute atomic E-state index is 12.3. The first-order valence-electron chi connectivity index (χ1n) is 6.23. The van der Waals surface area contributed by atoms with Crippen LogP contribution in [0, 0.1) is 5.92 Å². The second-order valence-electron chi connectivity index (χ2n) is 4.95. The number of sulfonamides is 1. The highest BCUT2D eigenvalue weighted by molar-refractivity contribution is 7.89. The summed E-state index contributed by atoms with van der Waals surface area (Å²) in [6.07, 6.45) is 6.06. The maximum atomic E-state index is 12.3. The molecule has 0 unspecified atom stereocenters. The first-order valence-corrected chi connectivity index (χ1v) is 7.72. The SMILES string of the molecule is CC(C)[C@H](Cn1ccnn1)NS(=O)(=O)c1cnn(C)c1. The molecule has 2 heterocycles. The molecule has 0 bridgehead atoms. The van der Waals surface area contributed by atoms with Gasteiger partial charge in [0.25, 0.3) is 0 Å². The lowest BCUT2D eigenvalue weighted by atomic mass is 10.1. The van der Waals surface area contributed by atoms with Crippen LogP contribution in [0.3, 0.4) is 0 Å². The van der Waals surface area contributed by atoms with Gasteiger partial charge in [0.2, 0.25) is 10.0 Å². The molecule has 2 rings (SSSR count). The summed E-state index contributed by atoms with van der Waals surface area (Å²) >= 11 is 0. The van der Waals surface area contributed by atoms with Gasteiger partial charge >= 0.3 is 0 Å². The third-order valence-electron chi connectivity index (χ3n) is 2.96. The van der Waals surface area contributed by atoms with E-state index < -0.39 is 10.0 Å². The topological polar surface area (TPSA) is 94.7 Å². The molecule has 0 saturated heterocycles. The molecule has 8 nitrogen and oxygen atoms in total. The summed E-state index contributed by atoms with van der Waals surface area (Å²) in [7, 11) is -1.91. The second kappa shape index (κ2) is 5.71. The van der Waals surface area contributed by atoms with Crippen molar-refractivity contribution in [3.8, 4) is 0 Å². The van der Waals surface area contributed by atoms with Gasteiger partial charge in [0, 0.05) is 25.5 Å². The van der Waals surface area contributed by atoms with Gasteiger partial charge in [-0.3, -0.25) is 9.36 Å². The zero-order valence-electron chi connectivity index (χ0n) is 11.6. The molecule has 2 aromatic rings. The third-order valence-corrected chi connectivity index (χ3v) is 4.40. The molecule has 0 saturated carbocycles. The lowest BCUT2D eigenvalue weighted by molar-refractivity contribution is 0.378. The Morgan fingerprint density at radius 2 is 2.15 bits per heavy atom. The number of nitrogens with zero attached hydrogens (tertiary/aromatic N) is 5. The van der Waals surface area contributed by atoms with Crippen LogP contribution in [0.4, 0.5) is 0 Å². The van der Waals surface area contributed by atoms with Crippen LogP contribution in [0.15, 0.2) is 29.7 Å². The number of aryl methyl sites for hydroxylation is 1. The normalized spacial score (nSPS) is 13.8. The van der Waals surface area contributed by atoms with Gasteiger partial charge in [-0.05, 0) is 5.92 Å². The monoisotopic (exact) mass is 298 g/mol. The van der Waals surface area contributed by atoms with Crippen molar-refractivity contribution >= 4 is 10.0 Å². The largest absolute Gasteiger partial charge is 0.274 e. The number of aromatic nitrogens is 5. The van der Waals surface area contributed by atoms with Gasteiger partial charge in [-0.15, -0.1) is 5.10 Å². The molecule has 0 amide bonds. The Morgan fingerprint density at radius 1 is 1.40 bits per heavy atom. The van der Waals surface area contributed by atoms with Crippen molar-refractivity contribution in [1.29, 1.82) is 0 Å². The van der Waals surface area contributed by atoms with Gasteiger partial charge in [-0.2, -0.15) is 5.10 Å². The Morgan fingerprint density at radius 3 is 2.65 bits per heavy atom. The molecule has 20 heavy (non-hydrogen) atoms. The fourth-order valence-electron chi connectivity index (χ4n) is 1.72. The standard InChI is InChI=1S/C11H18N6O2S/c1-9(2)11(8-17-5-4-12-15-17)14-20(18,19)10-6-13-16(3)7-10/h4-7,9,11,14H,8H2,1-3H3/t11-/m0/s1. The van der Waals surface area contributed by atoms with Crippen molar-refractivity contribution in [3.05, 3.63) is 24.8 Å². The smallest absolute Gasteiger partial charge is 0.244 e. The van der Waals surface area contributed by atoms with Crippen LogP contribution >= 0.6 is 0 Å². The first-order chi connectivity index (χ1) is 9.38. The number of rotatable bonds is 6. The molecule has 9 heteroatoms. The van der Waals surface area contributed by atoms with Crippen LogP contribution < -0.4 is 4.72 Å². The van der Waals surface area contributed by atoms with Crippen LogP contribution in [0.5, 0.6) is 0 Å². The zero-order valence-corrected chi connectivity index (χ0v) is 12.4. The highest BCUT2D eigenvalue weighted by atomic mass is 32.2. The number of hydrogen-bond acceptors (Lipinski definition) is 5. The van der Waals surface area contributed by atoms with Crippen LogP contribution in [0.1, 0.15) is 13.8 Å². The van der Waals surface area contributed by atoms with Crippen molar-refractivity contribution in [2.24, 2.45) is 13.0 Å². The van der Waals surface area contributed by atoms with Gasteiger partial charge in [0.1, 0.15) is 4.90 Å². The molecule has 1 N–H and O–H groups in total. The average molecular weight is 298 g/mol. The van der Waals surface area contributed by atoms with E-state index in [1.807, 2.05) is 13.8 Å². The quantitative estimate of drug-likeness (QED) is 0.811. The molecule has 0 aromatic carbocycles. The fraction of sp³-hybridized carbons (Fsp3) is 0.545. The lowest BCUT2D eigenvalue weighted by Gasteiger charge is -2.21. The van der Waals surface area contributed by atoms with Crippen molar-refractivity contribution in [1.82, 2.24) is 29.5 Å². The Kier molecular flexibility index (Phi) is 4.19. The Labute approximate surface area is 117 Å². The fourth-order valence-corrected chi connectivity index (χ4v) is 3.08. The molecule has 1 atom stereocenters. The number of hydrogen-bond donors (Lipinski definition) is 1. The highest BCUT2D eigenvalue weighted by Gasteiger charge is 2.24. The summed E-state index contributed by atoms with van der Waals surface area (Å²) in [5.41, 5.74) is 0. The van der Waals surface area contributed by atoms with E-state index in [0.717, 1.165) is 0 Å². The summed E-state index contributed by atoms with van der Waals surface area (Å²) in [5.74, 6) is 0.116. The molecule has 0 radical (unpaired) electrons. The minimum atomic E-state index is -3.58.